The third-order valence-corrected chi connectivity index (χ3v) is 8.35. The van der Waals surface area contributed by atoms with E-state index in [-0.39, 0.29) is 24.0 Å². The molecule has 0 N–H and O–H groups in total. The van der Waals surface area contributed by atoms with Gasteiger partial charge in [0.15, 0.2) is 0 Å². The van der Waals surface area contributed by atoms with Crippen LogP contribution in [0.5, 0.6) is 5.75 Å². The van der Waals surface area contributed by atoms with Crippen LogP contribution in [-0.4, -0.2) is 86.2 Å². The molecule has 6 nitrogen and oxygen atoms in total. The molecular formula is C30H40F3N3O3. The molecule has 9 heteroatoms. The first-order chi connectivity index (χ1) is 18.5. The molecule has 0 aliphatic carbocycles. The van der Waals surface area contributed by atoms with E-state index < -0.39 is 11.7 Å². The molecule has 2 saturated heterocycles. The van der Waals surface area contributed by atoms with Crippen molar-refractivity contribution in [3.05, 3.63) is 64.2 Å². The number of likely N-dealkylation sites (N-methyl/N-ethyl adjacent to an activating group) is 1. The number of hydrogen-bond acceptors (Lipinski definition) is 5. The molecule has 0 aromatic heterocycles. The number of piperazine rings is 1. The highest BCUT2D eigenvalue weighted by molar-refractivity contribution is 5.94. The molecule has 2 aliphatic heterocycles. The fraction of sp³-hybridized carbons (Fsp3) is 0.567. The number of alkyl halides is 3. The summed E-state index contributed by atoms with van der Waals surface area (Å²) in [5, 5.41) is 0. The van der Waals surface area contributed by atoms with E-state index in [0.29, 0.717) is 18.7 Å². The van der Waals surface area contributed by atoms with Crippen molar-refractivity contribution in [2.75, 3.05) is 53.6 Å². The molecule has 2 aromatic carbocycles. The van der Waals surface area contributed by atoms with Crippen LogP contribution in [0.1, 0.15) is 58.4 Å². The second-order valence-electron chi connectivity index (χ2n) is 10.8. The third kappa shape index (κ3) is 6.58. The van der Waals surface area contributed by atoms with E-state index >= 15 is 0 Å². The summed E-state index contributed by atoms with van der Waals surface area (Å²) < 4.78 is 49.9. The lowest BCUT2D eigenvalue weighted by Gasteiger charge is -2.38. The predicted molar refractivity (Wildman–Crippen MR) is 145 cm³/mol. The summed E-state index contributed by atoms with van der Waals surface area (Å²) in [6, 6.07) is 9.23. The van der Waals surface area contributed by atoms with Crippen LogP contribution in [0.3, 0.4) is 0 Å². The molecule has 0 spiro atoms. The number of carbonyl (C=O) groups excluding carboxylic acids is 1. The molecule has 0 unspecified atom stereocenters. The fourth-order valence-electron chi connectivity index (χ4n) is 5.89. The molecule has 39 heavy (non-hydrogen) atoms. The Morgan fingerprint density at radius 1 is 1.03 bits per heavy atom. The Morgan fingerprint density at radius 2 is 1.74 bits per heavy atom. The minimum atomic E-state index is -4.41. The van der Waals surface area contributed by atoms with Gasteiger partial charge in [-0.3, -0.25) is 9.69 Å². The lowest BCUT2D eigenvalue weighted by Crippen LogP contribution is -2.49. The first-order valence-electron chi connectivity index (χ1n) is 13.7. The lowest BCUT2D eigenvalue weighted by atomic mass is 9.96. The number of hydrogen-bond donors (Lipinski definition) is 0. The van der Waals surface area contributed by atoms with Gasteiger partial charge in [0.25, 0.3) is 5.91 Å². The van der Waals surface area contributed by atoms with E-state index in [2.05, 4.69) is 49.8 Å². The minimum absolute atomic E-state index is 0.0668. The number of ether oxygens (including phenoxy) is 2. The maximum atomic E-state index is 13.1. The monoisotopic (exact) mass is 547 g/mol. The summed E-state index contributed by atoms with van der Waals surface area (Å²) in [6.07, 6.45) is -2.53. The Balaban J connectivity index is 1.34. The average Bonchev–Trinajstić information content (AvgIpc) is 3.52. The molecule has 2 fully saturated rings. The molecule has 0 saturated carbocycles. The number of methoxy groups -OCH3 is 1. The van der Waals surface area contributed by atoms with Gasteiger partial charge in [0.05, 0.1) is 5.56 Å². The number of halogens is 3. The zero-order chi connectivity index (χ0) is 28.3. The summed E-state index contributed by atoms with van der Waals surface area (Å²) in [4.78, 5) is 19.6. The zero-order valence-corrected chi connectivity index (χ0v) is 23.6. The molecule has 214 valence electrons. The number of fused-ring (bicyclic) bond motifs is 2. The average molecular weight is 548 g/mol. The van der Waals surface area contributed by atoms with Crippen molar-refractivity contribution < 1.29 is 27.4 Å². The molecular weight excluding hydrogens is 507 g/mol. The molecule has 3 atom stereocenters. The van der Waals surface area contributed by atoms with Crippen molar-refractivity contribution in [2.24, 2.45) is 0 Å². The van der Waals surface area contributed by atoms with Crippen molar-refractivity contribution in [2.45, 2.75) is 57.9 Å². The van der Waals surface area contributed by atoms with Gasteiger partial charge in [-0.05, 0) is 87.7 Å². The van der Waals surface area contributed by atoms with E-state index in [1.54, 1.807) is 7.11 Å². The second-order valence-corrected chi connectivity index (χ2v) is 10.8. The van der Waals surface area contributed by atoms with Gasteiger partial charge < -0.3 is 19.3 Å². The smallest absolute Gasteiger partial charge is 0.416 e. The maximum Gasteiger partial charge on any atom is 0.416 e. The number of benzene rings is 2. The zero-order valence-electron chi connectivity index (χ0n) is 23.6. The molecule has 2 heterocycles. The quantitative estimate of drug-likeness (QED) is 0.356. The normalized spacial score (nSPS) is 20.2. The highest BCUT2D eigenvalue weighted by Crippen LogP contribution is 2.39. The van der Waals surface area contributed by atoms with Crippen LogP contribution < -0.4 is 4.74 Å². The number of rotatable bonds is 11. The highest BCUT2D eigenvalue weighted by Gasteiger charge is 2.47. The maximum absolute atomic E-state index is 13.1. The van der Waals surface area contributed by atoms with Gasteiger partial charge in [0.1, 0.15) is 12.4 Å². The SMILES string of the molecule is COCCCN(C)CCOc1ccc([C@H](C)N2C[C@H]3C[C@@H]2CN3C(=O)c2ccc(C(F)(F)F)cc2)c(C)c1C. The van der Waals surface area contributed by atoms with E-state index in [4.69, 9.17) is 9.47 Å². The molecule has 2 aliphatic rings. The van der Waals surface area contributed by atoms with Gasteiger partial charge in [-0.15, -0.1) is 0 Å². The minimum Gasteiger partial charge on any atom is -0.492 e. The van der Waals surface area contributed by atoms with Gasteiger partial charge in [0.2, 0.25) is 0 Å². The molecule has 4 rings (SSSR count). The van der Waals surface area contributed by atoms with E-state index in [1.165, 1.54) is 23.3 Å². The standard InChI is InChI=1S/C30H40F3N3O3/c1-20-21(2)28(39-16-14-34(4)13-6-15-38-5)12-11-27(20)22(3)35-18-26-17-25(35)19-36(26)29(37)23-7-9-24(10-8-23)30(31,32)33/h7-12,22,25-26H,6,13-19H2,1-5H3/t22-,25+,26+/m0/s1. The van der Waals surface area contributed by atoms with Crippen LogP contribution in [0.4, 0.5) is 13.2 Å². The Labute approximate surface area is 229 Å². The molecule has 1 amide bonds. The molecule has 0 radical (unpaired) electrons. The van der Waals surface area contributed by atoms with Crippen LogP contribution in [-0.2, 0) is 10.9 Å². The molecule has 2 bridgehead atoms. The largest absolute Gasteiger partial charge is 0.492 e. The summed E-state index contributed by atoms with van der Waals surface area (Å²) in [5.41, 5.74) is 3.18. The van der Waals surface area contributed by atoms with Crippen molar-refractivity contribution in [1.82, 2.24) is 14.7 Å². The van der Waals surface area contributed by atoms with Crippen molar-refractivity contribution in [3.63, 3.8) is 0 Å². The van der Waals surface area contributed by atoms with Crippen molar-refractivity contribution >= 4 is 5.91 Å². The van der Waals surface area contributed by atoms with Gasteiger partial charge in [-0.2, -0.15) is 13.2 Å². The van der Waals surface area contributed by atoms with Crippen LogP contribution in [0.2, 0.25) is 0 Å². The Morgan fingerprint density at radius 3 is 2.36 bits per heavy atom. The van der Waals surface area contributed by atoms with Crippen molar-refractivity contribution in [1.29, 1.82) is 0 Å². The van der Waals surface area contributed by atoms with E-state index in [9.17, 15) is 18.0 Å². The predicted octanol–water partition coefficient (Wildman–Crippen LogP) is 5.33. The summed E-state index contributed by atoms with van der Waals surface area (Å²) in [5.74, 6) is 0.714. The van der Waals surface area contributed by atoms with Crippen LogP contribution in [0, 0.1) is 13.8 Å². The summed E-state index contributed by atoms with van der Waals surface area (Å²) in [6.45, 7) is 11.0. The Hall–Kier alpha value is -2.62. The van der Waals surface area contributed by atoms with Gasteiger partial charge in [0, 0.05) is 63.6 Å². The highest BCUT2D eigenvalue weighted by atomic mass is 19.4. The summed E-state index contributed by atoms with van der Waals surface area (Å²) >= 11 is 0. The Kier molecular flexibility index (Phi) is 9.24. The van der Waals surface area contributed by atoms with Crippen LogP contribution >= 0.6 is 0 Å². The third-order valence-electron chi connectivity index (χ3n) is 8.35. The number of carbonyl (C=O) groups is 1. The lowest BCUT2D eigenvalue weighted by molar-refractivity contribution is -0.137. The van der Waals surface area contributed by atoms with Gasteiger partial charge >= 0.3 is 6.18 Å². The number of nitrogens with zero attached hydrogens (tertiary/aromatic N) is 3. The fourth-order valence-corrected chi connectivity index (χ4v) is 5.89. The van der Waals surface area contributed by atoms with Crippen molar-refractivity contribution in [3.8, 4) is 5.75 Å². The molecule has 2 aromatic rings. The second kappa shape index (κ2) is 12.3. The first kappa shape index (κ1) is 29.4. The van der Waals surface area contributed by atoms with E-state index in [1.807, 2.05) is 4.90 Å². The van der Waals surface area contributed by atoms with Crippen LogP contribution in [0.15, 0.2) is 36.4 Å². The van der Waals surface area contributed by atoms with Crippen LogP contribution in [0.25, 0.3) is 0 Å². The van der Waals surface area contributed by atoms with Gasteiger partial charge in [-0.1, -0.05) is 6.07 Å². The Bertz CT molecular complexity index is 1140. The van der Waals surface area contributed by atoms with E-state index in [0.717, 1.165) is 62.5 Å². The number of amides is 1. The summed E-state index contributed by atoms with van der Waals surface area (Å²) in [7, 11) is 3.80. The van der Waals surface area contributed by atoms with Gasteiger partial charge in [-0.25, -0.2) is 0 Å². The topological polar surface area (TPSA) is 45.3 Å². The number of likely N-dealkylation sites (tertiary alicyclic amines) is 2. The first-order valence-corrected chi connectivity index (χ1v) is 13.7.